The number of carbonyl (C=O) groups is 1. The van der Waals surface area contributed by atoms with Crippen LogP contribution >= 0.6 is 11.3 Å². The fourth-order valence-corrected chi connectivity index (χ4v) is 5.78. The van der Waals surface area contributed by atoms with Crippen molar-refractivity contribution < 1.29 is 16.1 Å². The van der Waals surface area contributed by atoms with Gasteiger partial charge in [-0.2, -0.15) is 0 Å². The number of nitrogens with zero attached hydrogens (tertiary/aromatic N) is 3. The molecule has 2 aromatic heterocycles. The number of carbonyl (C=O) groups excluding carboxylic acids is 1. The van der Waals surface area contributed by atoms with Crippen molar-refractivity contribution in [3.8, 4) is 0 Å². The minimum absolute atomic E-state index is 0. The van der Waals surface area contributed by atoms with E-state index in [1.807, 2.05) is 16.8 Å². The number of hydrogen-bond acceptors (Lipinski definition) is 5. The molecule has 4 aromatic rings. The SMILES string of the molecule is Cc1ccc2c(ccn2[C@H]2CCN(c3ccc(S(=O)(=O)Nc4nccs4)cc3)C2=O)c1.[HH].[HH]. The van der Waals surface area contributed by atoms with Gasteiger partial charge in [-0.3, -0.25) is 9.52 Å². The highest BCUT2D eigenvalue weighted by Crippen LogP contribution is 2.32. The molecule has 31 heavy (non-hydrogen) atoms. The Labute approximate surface area is 187 Å². The third kappa shape index (κ3) is 3.60. The third-order valence-corrected chi connectivity index (χ3v) is 7.67. The normalized spacial score (nSPS) is 16.9. The molecule has 1 amide bonds. The van der Waals surface area contributed by atoms with Gasteiger partial charge in [0.05, 0.1) is 4.90 Å². The average Bonchev–Trinajstić information content (AvgIpc) is 3.48. The van der Waals surface area contributed by atoms with E-state index >= 15 is 0 Å². The van der Waals surface area contributed by atoms with Crippen LogP contribution in [-0.2, 0) is 14.8 Å². The molecule has 1 aliphatic heterocycles. The largest absolute Gasteiger partial charge is 0.335 e. The molecule has 2 aromatic carbocycles. The molecular formula is C22H24N4O3S2. The van der Waals surface area contributed by atoms with Crippen LogP contribution < -0.4 is 9.62 Å². The van der Waals surface area contributed by atoms with Gasteiger partial charge in [0.2, 0.25) is 5.91 Å². The summed E-state index contributed by atoms with van der Waals surface area (Å²) in [4.78, 5) is 19.0. The van der Waals surface area contributed by atoms with E-state index in [9.17, 15) is 13.2 Å². The summed E-state index contributed by atoms with van der Waals surface area (Å²) in [5.41, 5.74) is 2.91. The lowest BCUT2D eigenvalue weighted by molar-refractivity contribution is -0.119. The lowest BCUT2D eigenvalue weighted by atomic mass is 10.2. The van der Waals surface area contributed by atoms with Crippen LogP contribution in [-0.4, -0.2) is 30.4 Å². The molecule has 9 heteroatoms. The molecular weight excluding hydrogens is 432 g/mol. The maximum absolute atomic E-state index is 13.2. The van der Waals surface area contributed by atoms with Gasteiger partial charge in [-0.15, -0.1) is 11.3 Å². The Balaban J connectivity index is 0.00000153. The van der Waals surface area contributed by atoms with Crippen LogP contribution in [0.15, 0.2) is 71.2 Å². The number of amides is 1. The summed E-state index contributed by atoms with van der Waals surface area (Å²) in [6.45, 7) is 2.63. The van der Waals surface area contributed by atoms with Crippen LogP contribution in [0.3, 0.4) is 0 Å². The number of nitrogens with one attached hydrogen (secondary N) is 1. The molecule has 162 valence electrons. The summed E-state index contributed by atoms with van der Waals surface area (Å²) in [7, 11) is -3.72. The Morgan fingerprint density at radius 1 is 1.16 bits per heavy atom. The van der Waals surface area contributed by atoms with Crippen molar-refractivity contribution in [2.45, 2.75) is 24.3 Å². The predicted octanol–water partition coefficient (Wildman–Crippen LogP) is 4.68. The number of fused-ring (bicyclic) bond motifs is 1. The first kappa shape index (κ1) is 19.8. The smallest absolute Gasteiger partial charge is 0.263 e. The molecule has 5 rings (SSSR count). The van der Waals surface area contributed by atoms with Gasteiger partial charge in [-0.25, -0.2) is 13.4 Å². The second kappa shape index (κ2) is 7.51. The first-order valence-electron chi connectivity index (χ1n) is 9.83. The summed E-state index contributed by atoms with van der Waals surface area (Å²) in [6.07, 6.45) is 4.20. The molecule has 3 heterocycles. The van der Waals surface area contributed by atoms with Crippen molar-refractivity contribution in [3.05, 3.63) is 71.9 Å². The lowest BCUT2D eigenvalue weighted by Crippen LogP contribution is -2.28. The van der Waals surface area contributed by atoms with E-state index in [0.29, 0.717) is 23.8 Å². The van der Waals surface area contributed by atoms with Gasteiger partial charge in [-0.1, -0.05) is 11.6 Å². The maximum Gasteiger partial charge on any atom is 0.263 e. The number of hydrogen-bond donors (Lipinski definition) is 1. The molecule has 0 bridgehead atoms. The Bertz CT molecular complexity index is 1370. The maximum atomic E-state index is 13.2. The van der Waals surface area contributed by atoms with E-state index in [1.165, 1.54) is 35.2 Å². The number of benzene rings is 2. The third-order valence-electron chi connectivity index (χ3n) is 5.50. The molecule has 0 spiro atoms. The van der Waals surface area contributed by atoms with Gasteiger partial charge in [-0.05, 0) is 61.2 Å². The summed E-state index contributed by atoms with van der Waals surface area (Å²) in [6, 6.07) is 14.4. The number of anilines is 2. The topological polar surface area (TPSA) is 84.3 Å². The van der Waals surface area contributed by atoms with E-state index in [-0.39, 0.29) is 19.7 Å². The van der Waals surface area contributed by atoms with Gasteiger partial charge in [0.15, 0.2) is 5.13 Å². The first-order valence-corrected chi connectivity index (χ1v) is 12.2. The monoisotopic (exact) mass is 456 g/mol. The van der Waals surface area contributed by atoms with Crippen LogP contribution in [0.5, 0.6) is 0 Å². The molecule has 0 aliphatic carbocycles. The van der Waals surface area contributed by atoms with E-state index < -0.39 is 10.0 Å². The number of aromatic nitrogens is 2. The Morgan fingerprint density at radius 3 is 2.71 bits per heavy atom. The first-order chi connectivity index (χ1) is 14.9. The molecule has 7 nitrogen and oxygen atoms in total. The molecule has 0 saturated carbocycles. The molecule has 1 saturated heterocycles. The number of sulfonamides is 1. The summed E-state index contributed by atoms with van der Waals surface area (Å²) in [5, 5.41) is 3.13. The molecule has 1 atom stereocenters. The van der Waals surface area contributed by atoms with Gasteiger partial charge >= 0.3 is 0 Å². The summed E-state index contributed by atoms with van der Waals surface area (Å²) >= 11 is 1.21. The Morgan fingerprint density at radius 2 is 1.97 bits per heavy atom. The van der Waals surface area contributed by atoms with Crippen LogP contribution in [0.4, 0.5) is 10.8 Å². The van der Waals surface area contributed by atoms with E-state index in [2.05, 4.69) is 34.8 Å². The highest BCUT2D eigenvalue weighted by atomic mass is 32.2. The van der Waals surface area contributed by atoms with Crippen molar-refractivity contribution in [2.24, 2.45) is 0 Å². The van der Waals surface area contributed by atoms with E-state index in [1.54, 1.807) is 22.4 Å². The van der Waals surface area contributed by atoms with Crippen molar-refractivity contribution in [1.29, 1.82) is 0 Å². The van der Waals surface area contributed by atoms with Gasteiger partial charge < -0.3 is 9.47 Å². The second-order valence-corrected chi connectivity index (χ2v) is 10.1. The number of rotatable bonds is 5. The summed E-state index contributed by atoms with van der Waals surface area (Å²) < 4.78 is 29.5. The van der Waals surface area contributed by atoms with E-state index in [4.69, 9.17) is 0 Å². The van der Waals surface area contributed by atoms with Crippen molar-refractivity contribution in [2.75, 3.05) is 16.2 Å². The fourth-order valence-electron chi connectivity index (χ4n) is 3.99. The standard InChI is InChI=1S/C22H20N4O3S2.2H2/c1-15-2-7-19-16(14-15)8-11-26(19)20-9-12-25(21(20)27)17-3-5-18(6-4-17)31(28,29)24-22-23-10-13-30-22;;/h2-8,10-11,13-14,20H,9,12H2,1H3,(H,23,24);2*1H/t20-;;/m0../s1. The average molecular weight is 457 g/mol. The summed E-state index contributed by atoms with van der Waals surface area (Å²) in [5.74, 6) is 0.00888. The van der Waals surface area contributed by atoms with Crippen LogP contribution in [0.2, 0.25) is 0 Å². The molecule has 1 fully saturated rings. The number of aryl methyl sites for hydroxylation is 1. The zero-order valence-electron chi connectivity index (χ0n) is 16.7. The molecule has 0 radical (unpaired) electrons. The van der Waals surface area contributed by atoms with Gasteiger partial charge in [0.25, 0.3) is 10.0 Å². The van der Waals surface area contributed by atoms with Gasteiger partial charge in [0, 0.05) is 38.4 Å². The van der Waals surface area contributed by atoms with Crippen molar-refractivity contribution in [3.63, 3.8) is 0 Å². The molecule has 1 N–H and O–H groups in total. The Kier molecular flexibility index (Phi) is 4.79. The van der Waals surface area contributed by atoms with Gasteiger partial charge in [0.1, 0.15) is 6.04 Å². The minimum atomic E-state index is -3.72. The lowest BCUT2D eigenvalue weighted by Gasteiger charge is -2.18. The minimum Gasteiger partial charge on any atom is -0.335 e. The second-order valence-electron chi connectivity index (χ2n) is 7.52. The van der Waals surface area contributed by atoms with E-state index in [0.717, 1.165) is 10.9 Å². The highest BCUT2D eigenvalue weighted by Gasteiger charge is 2.34. The van der Waals surface area contributed by atoms with Crippen LogP contribution in [0.1, 0.15) is 20.9 Å². The predicted molar refractivity (Wildman–Crippen MR) is 126 cm³/mol. The van der Waals surface area contributed by atoms with Crippen LogP contribution in [0.25, 0.3) is 10.9 Å². The van der Waals surface area contributed by atoms with Crippen molar-refractivity contribution in [1.82, 2.24) is 9.55 Å². The van der Waals surface area contributed by atoms with Crippen molar-refractivity contribution >= 4 is 49.0 Å². The molecule has 0 unspecified atom stereocenters. The Hall–Kier alpha value is -3.17. The fraction of sp³-hybridized carbons (Fsp3) is 0.182. The zero-order chi connectivity index (χ0) is 21.6. The molecule has 1 aliphatic rings. The number of thiazole rings is 1. The van der Waals surface area contributed by atoms with Crippen LogP contribution in [0, 0.1) is 6.92 Å². The highest BCUT2D eigenvalue weighted by molar-refractivity contribution is 7.93. The quantitative estimate of drug-likeness (QED) is 0.473. The zero-order valence-corrected chi connectivity index (χ0v) is 18.4.